The standard InChI is InChI=1S/C15H18BrNO3/c16-12-4-2-1-3-11(12)15(18)17-10-5-6-13-14(9-10)20-8-7-19-13/h1-4,10,13-14H,5-9H2,(H,17,18)/t10-,13-,14-/m1/s1. The van der Waals surface area contributed by atoms with E-state index in [1.54, 1.807) is 0 Å². The number of hydrogen-bond donors (Lipinski definition) is 1. The highest BCUT2D eigenvalue weighted by Gasteiger charge is 2.34. The van der Waals surface area contributed by atoms with Gasteiger partial charge in [0, 0.05) is 10.5 Å². The Bertz CT molecular complexity index is 494. The van der Waals surface area contributed by atoms with E-state index in [9.17, 15) is 4.79 Å². The minimum absolute atomic E-state index is 0.0300. The highest BCUT2D eigenvalue weighted by Crippen LogP contribution is 2.27. The molecule has 2 fully saturated rings. The lowest BCUT2D eigenvalue weighted by atomic mass is 9.89. The lowest BCUT2D eigenvalue weighted by molar-refractivity contribution is -0.157. The van der Waals surface area contributed by atoms with Gasteiger partial charge in [-0.3, -0.25) is 4.79 Å². The Morgan fingerprint density at radius 2 is 1.90 bits per heavy atom. The van der Waals surface area contributed by atoms with Gasteiger partial charge in [-0.2, -0.15) is 0 Å². The molecule has 1 aliphatic heterocycles. The minimum atomic E-state index is -0.0300. The van der Waals surface area contributed by atoms with Crippen LogP contribution < -0.4 is 5.32 Å². The molecule has 0 aromatic heterocycles. The van der Waals surface area contributed by atoms with Crippen molar-refractivity contribution in [2.75, 3.05) is 13.2 Å². The second kappa shape index (κ2) is 6.24. The first kappa shape index (κ1) is 14.0. The molecule has 1 heterocycles. The van der Waals surface area contributed by atoms with Gasteiger partial charge < -0.3 is 14.8 Å². The molecule has 0 unspecified atom stereocenters. The first-order valence-corrected chi connectivity index (χ1v) is 7.82. The van der Waals surface area contributed by atoms with Crippen molar-refractivity contribution in [3.05, 3.63) is 34.3 Å². The van der Waals surface area contributed by atoms with E-state index >= 15 is 0 Å². The summed E-state index contributed by atoms with van der Waals surface area (Å²) in [5, 5.41) is 3.10. The van der Waals surface area contributed by atoms with Crippen molar-refractivity contribution in [1.29, 1.82) is 0 Å². The maximum Gasteiger partial charge on any atom is 0.252 e. The van der Waals surface area contributed by atoms with E-state index in [4.69, 9.17) is 9.47 Å². The van der Waals surface area contributed by atoms with Gasteiger partial charge in [0.15, 0.2) is 0 Å². The summed E-state index contributed by atoms with van der Waals surface area (Å²) in [5.41, 5.74) is 0.676. The van der Waals surface area contributed by atoms with Crippen LogP contribution in [0.4, 0.5) is 0 Å². The SMILES string of the molecule is O=C(N[C@@H]1CC[C@H]2OCCO[C@@H]2C1)c1ccccc1Br. The Balaban J connectivity index is 1.61. The normalized spacial score (nSPS) is 29.6. The molecular weight excluding hydrogens is 322 g/mol. The Morgan fingerprint density at radius 3 is 2.70 bits per heavy atom. The molecule has 5 heteroatoms. The second-order valence-corrected chi connectivity index (χ2v) is 6.14. The fraction of sp³-hybridized carbons (Fsp3) is 0.533. The number of carbonyl (C=O) groups is 1. The lowest BCUT2D eigenvalue weighted by Crippen LogP contribution is -2.49. The summed E-state index contributed by atoms with van der Waals surface area (Å²) < 4.78 is 12.3. The second-order valence-electron chi connectivity index (χ2n) is 5.28. The number of benzene rings is 1. The monoisotopic (exact) mass is 339 g/mol. The van der Waals surface area contributed by atoms with Crippen molar-refractivity contribution in [1.82, 2.24) is 5.32 Å². The zero-order valence-electron chi connectivity index (χ0n) is 11.2. The number of nitrogens with one attached hydrogen (secondary N) is 1. The molecule has 3 atom stereocenters. The molecule has 108 valence electrons. The largest absolute Gasteiger partial charge is 0.373 e. The van der Waals surface area contributed by atoms with Crippen LogP contribution in [0.3, 0.4) is 0 Å². The zero-order valence-corrected chi connectivity index (χ0v) is 12.8. The number of hydrogen-bond acceptors (Lipinski definition) is 3. The minimum Gasteiger partial charge on any atom is -0.373 e. The van der Waals surface area contributed by atoms with Crippen molar-refractivity contribution in [3.8, 4) is 0 Å². The third-order valence-corrected chi connectivity index (χ3v) is 4.62. The van der Waals surface area contributed by atoms with Crippen molar-refractivity contribution in [2.24, 2.45) is 0 Å². The summed E-state index contributed by atoms with van der Waals surface area (Å²) in [6, 6.07) is 7.64. The average molecular weight is 340 g/mol. The predicted molar refractivity (Wildman–Crippen MR) is 78.7 cm³/mol. The maximum absolute atomic E-state index is 12.3. The van der Waals surface area contributed by atoms with Gasteiger partial charge in [0.05, 0.1) is 31.0 Å². The summed E-state index contributed by atoms with van der Waals surface area (Å²) in [5.74, 6) is -0.0300. The molecule has 1 saturated heterocycles. The van der Waals surface area contributed by atoms with Gasteiger partial charge in [-0.25, -0.2) is 0 Å². The van der Waals surface area contributed by atoms with E-state index in [2.05, 4.69) is 21.2 Å². The van der Waals surface area contributed by atoms with Crippen LogP contribution in [-0.2, 0) is 9.47 Å². The Labute approximate surface area is 127 Å². The van der Waals surface area contributed by atoms with Gasteiger partial charge in [-0.15, -0.1) is 0 Å². The van der Waals surface area contributed by atoms with Gasteiger partial charge >= 0.3 is 0 Å². The van der Waals surface area contributed by atoms with Crippen LogP contribution in [-0.4, -0.2) is 37.4 Å². The third-order valence-electron chi connectivity index (χ3n) is 3.93. The first-order valence-electron chi connectivity index (χ1n) is 7.02. The van der Waals surface area contributed by atoms with E-state index in [0.717, 1.165) is 23.7 Å². The van der Waals surface area contributed by atoms with Crippen LogP contribution in [0.1, 0.15) is 29.6 Å². The van der Waals surface area contributed by atoms with E-state index < -0.39 is 0 Å². The smallest absolute Gasteiger partial charge is 0.252 e. The molecule has 1 aromatic carbocycles. The molecule has 0 bridgehead atoms. The molecule has 0 radical (unpaired) electrons. The number of rotatable bonds is 2. The van der Waals surface area contributed by atoms with E-state index in [0.29, 0.717) is 18.8 Å². The van der Waals surface area contributed by atoms with E-state index in [1.165, 1.54) is 0 Å². The summed E-state index contributed by atoms with van der Waals surface area (Å²) in [6.07, 6.45) is 3.06. The molecule has 4 nitrogen and oxygen atoms in total. The quantitative estimate of drug-likeness (QED) is 0.900. The van der Waals surface area contributed by atoms with Crippen molar-refractivity contribution < 1.29 is 14.3 Å². The van der Waals surface area contributed by atoms with Crippen LogP contribution in [0.15, 0.2) is 28.7 Å². The molecule has 1 aliphatic carbocycles. The molecule has 1 N–H and O–H groups in total. The summed E-state index contributed by atoms with van der Waals surface area (Å²) >= 11 is 3.41. The number of halogens is 1. The fourth-order valence-corrected chi connectivity index (χ4v) is 3.37. The van der Waals surface area contributed by atoms with Crippen LogP contribution in [0.2, 0.25) is 0 Å². The van der Waals surface area contributed by atoms with E-state index in [1.807, 2.05) is 24.3 Å². The Kier molecular flexibility index (Phi) is 4.38. The number of fused-ring (bicyclic) bond motifs is 1. The number of ether oxygens (including phenoxy) is 2. The summed E-state index contributed by atoms with van der Waals surface area (Å²) in [6.45, 7) is 1.35. The zero-order chi connectivity index (χ0) is 13.9. The van der Waals surface area contributed by atoms with Crippen molar-refractivity contribution in [3.63, 3.8) is 0 Å². The summed E-state index contributed by atoms with van der Waals surface area (Å²) in [7, 11) is 0. The van der Waals surface area contributed by atoms with Crippen LogP contribution >= 0.6 is 15.9 Å². The van der Waals surface area contributed by atoms with Crippen molar-refractivity contribution >= 4 is 21.8 Å². The predicted octanol–water partition coefficient (Wildman–Crippen LogP) is 2.52. The Hall–Kier alpha value is -0.910. The van der Waals surface area contributed by atoms with Gasteiger partial charge in [0.25, 0.3) is 5.91 Å². The Morgan fingerprint density at radius 1 is 1.15 bits per heavy atom. The van der Waals surface area contributed by atoms with Gasteiger partial charge in [0.1, 0.15) is 0 Å². The highest BCUT2D eigenvalue weighted by atomic mass is 79.9. The topological polar surface area (TPSA) is 47.6 Å². The maximum atomic E-state index is 12.3. The highest BCUT2D eigenvalue weighted by molar-refractivity contribution is 9.10. The van der Waals surface area contributed by atoms with E-state index in [-0.39, 0.29) is 24.2 Å². The molecule has 1 amide bonds. The van der Waals surface area contributed by atoms with Crippen LogP contribution in [0.5, 0.6) is 0 Å². The number of carbonyl (C=O) groups excluding carboxylic acids is 1. The van der Waals surface area contributed by atoms with Crippen LogP contribution in [0, 0.1) is 0 Å². The molecule has 2 aliphatic rings. The fourth-order valence-electron chi connectivity index (χ4n) is 2.91. The molecule has 1 aromatic rings. The molecule has 1 saturated carbocycles. The van der Waals surface area contributed by atoms with Gasteiger partial charge in [-0.05, 0) is 47.3 Å². The number of amides is 1. The lowest BCUT2D eigenvalue weighted by Gasteiger charge is -2.39. The van der Waals surface area contributed by atoms with Gasteiger partial charge in [-0.1, -0.05) is 12.1 Å². The first-order chi connectivity index (χ1) is 9.74. The van der Waals surface area contributed by atoms with Crippen LogP contribution in [0.25, 0.3) is 0 Å². The molecule has 20 heavy (non-hydrogen) atoms. The third kappa shape index (κ3) is 3.05. The van der Waals surface area contributed by atoms with Gasteiger partial charge in [0.2, 0.25) is 0 Å². The molecular formula is C15H18BrNO3. The van der Waals surface area contributed by atoms with Crippen molar-refractivity contribution in [2.45, 2.75) is 37.5 Å². The molecule has 3 rings (SSSR count). The summed E-state index contributed by atoms with van der Waals surface area (Å²) in [4.78, 5) is 12.3. The molecule has 0 spiro atoms. The average Bonchev–Trinajstić information content (AvgIpc) is 2.47.